The maximum Gasteiger partial charge on any atom is 0.221 e. The van der Waals surface area contributed by atoms with E-state index >= 15 is 0 Å². The number of aliphatic imine (C=N–C) groups is 1. The first-order valence-electron chi connectivity index (χ1n) is 9.48. The van der Waals surface area contributed by atoms with Crippen LogP contribution in [0.1, 0.15) is 30.9 Å². The van der Waals surface area contributed by atoms with Crippen LogP contribution < -0.4 is 16.0 Å². The molecule has 1 aliphatic carbocycles. The number of guanidine groups is 1. The highest BCUT2D eigenvalue weighted by Gasteiger charge is 2.43. The summed E-state index contributed by atoms with van der Waals surface area (Å²) in [7, 11) is 1.81. The highest BCUT2D eigenvalue weighted by molar-refractivity contribution is 14.0. The van der Waals surface area contributed by atoms with Crippen LogP contribution in [0.2, 0.25) is 0 Å². The number of carbonyl (C=O) groups excluding carboxylic acids is 1. The number of hydrogen-bond donors (Lipinski definition) is 3. The van der Waals surface area contributed by atoms with E-state index in [1.165, 1.54) is 30.9 Å². The first-order chi connectivity index (χ1) is 13.1. The summed E-state index contributed by atoms with van der Waals surface area (Å²) >= 11 is 0. The number of anilines is 1. The van der Waals surface area contributed by atoms with Gasteiger partial charge in [-0.25, -0.2) is 0 Å². The highest BCUT2D eigenvalue weighted by atomic mass is 127. The third kappa shape index (κ3) is 6.22. The van der Waals surface area contributed by atoms with Gasteiger partial charge in [-0.2, -0.15) is 0 Å². The molecule has 3 rings (SSSR count). The van der Waals surface area contributed by atoms with Crippen LogP contribution in [0.4, 0.5) is 5.69 Å². The quantitative estimate of drug-likeness (QED) is 0.314. The SMILES string of the molecule is CN=C(NCCc1ccc(NC(C)=O)cc1)NCC1(c2ccccc2)CC1.I. The zero-order valence-corrected chi connectivity index (χ0v) is 18.8. The Morgan fingerprint density at radius 2 is 1.71 bits per heavy atom. The summed E-state index contributed by atoms with van der Waals surface area (Å²) in [6.07, 6.45) is 3.34. The monoisotopic (exact) mass is 492 g/mol. The number of carbonyl (C=O) groups is 1. The fraction of sp³-hybridized carbons (Fsp3) is 0.364. The number of nitrogens with one attached hydrogen (secondary N) is 3. The van der Waals surface area contributed by atoms with Gasteiger partial charge in [-0.1, -0.05) is 42.5 Å². The molecule has 0 bridgehead atoms. The van der Waals surface area contributed by atoms with E-state index in [4.69, 9.17) is 0 Å². The predicted molar refractivity (Wildman–Crippen MR) is 127 cm³/mol. The van der Waals surface area contributed by atoms with Gasteiger partial charge in [-0.3, -0.25) is 9.79 Å². The molecule has 0 spiro atoms. The highest BCUT2D eigenvalue weighted by Crippen LogP contribution is 2.47. The van der Waals surface area contributed by atoms with E-state index in [1.54, 1.807) is 7.05 Å². The summed E-state index contributed by atoms with van der Waals surface area (Å²) in [4.78, 5) is 15.4. The van der Waals surface area contributed by atoms with Gasteiger partial charge in [-0.15, -0.1) is 24.0 Å². The van der Waals surface area contributed by atoms with Gasteiger partial charge < -0.3 is 16.0 Å². The summed E-state index contributed by atoms with van der Waals surface area (Å²) in [5.41, 5.74) is 3.72. The molecule has 0 unspecified atom stereocenters. The van der Waals surface area contributed by atoms with E-state index in [-0.39, 0.29) is 35.3 Å². The van der Waals surface area contributed by atoms with Crippen LogP contribution in [0.15, 0.2) is 59.6 Å². The Morgan fingerprint density at radius 3 is 2.29 bits per heavy atom. The Bertz CT molecular complexity index is 786. The van der Waals surface area contributed by atoms with Crippen molar-refractivity contribution in [3.8, 4) is 0 Å². The van der Waals surface area contributed by atoms with Crippen LogP contribution >= 0.6 is 24.0 Å². The van der Waals surface area contributed by atoms with Crippen molar-refractivity contribution in [3.05, 3.63) is 65.7 Å². The van der Waals surface area contributed by atoms with Gasteiger partial charge in [-0.05, 0) is 42.5 Å². The average Bonchev–Trinajstić information content (AvgIpc) is 3.47. The largest absolute Gasteiger partial charge is 0.356 e. The van der Waals surface area contributed by atoms with Crippen molar-refractivity contribution in [1.82, 2.24) is 10.6 Å². The summed E-state index contributed by atoms with van der Waals surface area (Å²) in [6.45, 7) is 3.22. The molecule has 0 heterocycles. The second-order valence-corrected chi connectivity index (χ2v) is 7.13. The molecule has 150 valence electrons. The van der Waals surface area contributed by atoms with E-state index in [9.17, 15) is 4.79 Å². The van der Waals surface area contributed by atoms with E-state index in [0.717, 1.165) is 31.2 Å². The Balaban J connectivity index is 0.00000280. The lowest BCUT2D eigenvalue weighted by atomic mass is 9.96. The number of halogens is 1. The van der Waals surface area contributed by atoms with E-state index in [0.29, 0.717) is 0 Å². The lowest BCUT2D eigenvalue weighted by Gasteiger charge is -2.19. The van der Waals surface area contributed by atoms with Gasteiger partial charge in [0.05, 0.1) is 0 Å². The summed E-state index contributed by atoms with van der Waals surface area (Å²) in [5.74, 6) is 0.787. The third-order valence-corrected chi connectivity index (χ3v) is 5.04. The predicted octanol–water partition coefficient (Wildman–Crippen LogP) is 3.70. The molecule has 0 saturated heterocycles. The van der Waals surface area contributed by atoms with E-state index in [1.807, 2.05) is 24.3 Å². The van der Waals surface area contributed by atoms with E-state index < -0.39 is 0 Å². The second kappa shape index (κ2) is 10.5. The maximum absolute atomic E-state index is 11.1. The standard InChI is InChI=1S/C22H28N4O.HI/c1-17(27)26-20-10-8-18(9-11-20)12-15-24-21(23-2)25-16-22(13-14-22)19-6-4-3-5-7-19;/h3-11H,12-16H2,1-2H3,(H,26,27)(H2,23,24,25);1H. The van der Waals surface area contributed by atoms with Gasteiger partial charge in [0.25, 0.3) is 0 Å². The first kappa shape index (κ1) is 22.2. The number of benzene rings is 2. The van der Waals surface area contributed by atoms with Crippen LogP contribution in [0.25, 0.3) is 0 Å². The Morgan fingerprint density at radius 1 is 1.04 bits per heavy atom. The molecule has 0 atom stereocenters. The molecule has 0 radical (unpaired) electrons. The Kier molecular flexibility index (Phi) is 8.29. The fourth-order valence-corrected chi connectivity index (χ4v) is 3.27. The molecule has 1 fully saturated rings. The first-order valence-corrected chi connectivity index (χ1v) is 9.48. The maximum atomic E-state index is 11.1. The number of rotatable bonds is 7. The van der Waals surface area contributed by atoms with Gasteiger partial charge in [0.1, 0.15) is 0 Å². The number of amides is 1. The van der Waals surface area contributed by atoms with Crippen LogP contribution in [0.3, 0.4) is 0 Å². The molecule has 28 heavy (non-hydrogen) atoms. The molecule has 3 N–H and O–H groups in total. The molecule has 1 saturated carbocycles. The summed E-state index contributed by atoms with van der Waals surface area (Å²) < 4.78 is 0. The van der Waals surface area contributed by atoms with Crippen molar-refractivity contribution in [2.75, 3.05) is 25.5 Å². The van der Waals surface area contributed by atoms with Crippen molar-refractivity contribution in [2.24, 2.45) is 4.99 Å². The minimum atomic E-state index is -0.0526. The van der Waals surface area contributed by atoms with Gasteiger partial charge in [0.15, 0.2) is 5.96 Å². The molecular weight excluding hydrogens is 463 g/mol. The van der Waals surface area contributed by atoms with Crippen molar-refractivity contribution >= 4 is 41.5 Å². The molecule has 0 aliphatic heterocycles. The Labute approximate surface area is 184 Å². The zero-order chi connectivity index (χ0) is 19.1. The van der Waals surface area contributed by atoms with Gasteiger partial charge >= 0.3 is 0 Å². The van der Waals surface area contributed by atoms with Crippen molar-refractivity contribution < 1.29 is 4.79 Å². The number of nitrogens with zero attached hydrogens (tertiary/aromatic N) is 1. The lowest BCUT2D eigenvalue weighted by molar-refractivity contribution is -0.114. The summed E-state index contributed by atoms with van der Waals surface area (Å²) in [5, 5.41) is 9.65. The van der Waals surface area contributed by atoms with Gasteiger partial charge in [0, 0.05) is 38.2 Å². The zero-order valence-electron chi connectivity index (χ0n) is 16.5. The molecule has 6 heteroatoms. The average molecular weight is 492 g/mol. The van der Waals surface area contributed by atoms with Crippen LogP contribution in [0, 0.1) is 0 Å². The minimum absolute atomic E-state index is 0. The van der Waals surface area contributed by atoms with E-state index in [2.05, 4.69) is 51.3 Å². The third-order valence-electron chi connectivity index (χ3n) is 5.04. The second-order valence-electron chi connectivity index (χ2n) is 7.13. The molecule has 1 aliphatic rings. The molecule has 1 amide bonds. The lowest BCUT2D eigenvalue weighted by Crippen LogP contribution is -2.41. The smallest absolute Gasteiger partial charge is 0.221 e. The van der Waals surface area contributed by atoms with Crippen molar-refractivity contribution in [1.29, 1.82) is 0 Å². The fourth-order valence-electron chi connectivity index (χ4n) is 3.27. The van der Waals surface area contributed by atoms with Crippen molar-refractivity contribution in [2.45, 2.75) is 31.6 Å². The van der Waals surface area contributed by atoms with Crippen LogP contribution in [-0.4, -0.2) is 32.0 Å². The molecular formula is C22H29IN4O. The van der Waals surface area contributed by atoms with Crippen LogP contribution in [-0.2, 0) is 16.6 Å². The number of hydrogen-bond acceptors (Lipinski definition) is 2. The Hall–Kier alpha value is -2.09. The molecule has 2 aromatic carbocycles. The van der Waals surface area contributed by atoms with Gasteiger partial charge in [0.2, 0.25) is 5.91 Å². The molecule has 2 aromatic rings. The normalized spacial score (nSPS) is 14.6. The van der Waals surface area contributed by atoms with Crippen LogP contribution in [0.5, 0.6) is 0 Å². The van der Waals surface area contributed by atoms with Crippen molar-refractivity contribution in [3.63, 3.8) is 0 Å². The molecule has 0 aromatic heterocycles. The minimum Gasteiger partial charge on any atom is -0.356 e. The summed E-state index contributed by atoms with van der Waals surface area (Å²) in [6, 6.07) is 18.7. The molecule has 5 nitrogen and oxygen atoms in total. The topological polar surface area (TPSA) is 65.5 Å².